The van der Waals surface area contributed by atoms with Crippen LogP contribution in [0, 0.1) is 3.57 Å². The van der Waals surface area contributed by atoms with E-state index in [1.54, 1.807) is 0 Å². The van der Waals surface area contributed by atoms with E-state index in [1.807, 2.05) is 22.6 Å². The van der Waals surface area contributed by atoms with Gasteiger partial charge in [-0.05, 0) is 77.2 Å². The number of nitrogens with one attached hydrogen (secondary N) is 1. The summed E-state index contributed by atoms with van der Waals surface area (Å²) in [4.78, 5) is 21.0. The third-order valence-corrected chi connectivity index (χ3v) is 10.9. The molecule has 2 aliphatic rings. The SMILES string of the molecule is O=C(c1ncc[nH]1)N1CC[C@@]2(S(=O)(=O)c3ccc(I)cc3)c3ccc(C(F)(C(F)(F)F)C(F)(F)F)cc3CC[C@@H]12. The van der Waals surface area contributed by atoms with Crippen molar-refractivity contribution in [2.45, 2.75) is 53.0 Å². The molecule has 2 aromatic carbocycles. The first kappa shape index (κ1) is 28.8. The van der Waals surface area contributed by atoms with Gasteiger partial charge in [-0.3, -0.25) is 4.79 Å². The van der Waals surface area contributed by atoms with Crippen molar-refractivity contribution in [3.8, 4) is 0 Å². The molecular formula is C25H19F7IN3O3S. The first-order chi connectivity index (χ1) is 18.6. The molecule has 0 spiro atoms. The van der Waals surface area contributed by atoms with Crippen molar-refractivity contribution in [3.63, 3.8) is 0 Å². The van der Waals surface area contributed by atoms with Gasteiger partial charge in [-0.2, -0.15) is 26.3 Å². The number of sulfone groups is 1. The molecular weight excluding hydrogens is 682 g/mol. The molecule has 2 atom stereocenters. The summed E-state index contributed by atoms with van der Waals surface area (Å²) < 4.78 is 123. The number of imidazole rings is 1. The molecule has 5 rings (SSSR count). The molecule has 0 unspecified atom stereocenters. The largest absolute Gasteiger partial charge is 0.435 e. The summed E-state index contributed by atoms with van der Waals surface area (Å²) in [6.07, 6.45) is -10.4. The van der Waals surface area contributed by atoms with Crippen molar-refractivity contribution < 1.29 is 43.9 Å². The zero-order valence-electron chi connectivity index (χ0n) is 20.2. The van der Waals surface area contributed by atoms with E-state index in [9.17, 15) is 43.9 Å². The molecule has 40 heavy (non-hydrogen) atoms. The van der Waals surface area contributed by atoms with E-state index < -0.39 is 50.1 Å². The highest BCUT2D eigenvalue weighted by atomic mass is 127. The van der Waals surface area contributed by atoms with Gasteiger partial charge in [0, 0.05) is 28.1 Å². The number of carbonyl (C=O) groups excluding carboxylic acids is 1. The smallest absolute Gasteiger partial charge is 0.341 e. The van der Waals surface area contributed by atoms with Gasteiger partial charge in [0.15, 0.2) is 15.7 Å². The molecule has 1 aromatic heterocycles. The Morgan fingerprint density at radius 3 is 2.25 bits per heavy atom. The van der Waals surface area contributed by atoms with Crippen molar-refractivity contribution in [3.05, 3.63) is 80.9 Å². The number of aryl methyl sites for hydroxylation is 1. The minimum absolute atomic E-state index is 0.0545. The quantitative estimate of drug-likeness (QED) is 0.274. The fraction of sp³-hybridized carbons (Fsp3) is 0.360. The number of benzene rings is 2. The lowest BCUT2D eigenvalue weighted by atomic mass is 9.76. The van der Waals surface area contributed by atoms with Crippen LogP contribution in [0.2, 0.25) is 0 Å². The van der Waals surface area contributed by atoms with Gasteiger partial charge in [0.05, 0.1) is 10.9 Å². The van der Waals surface area contributed by atoms with Crippen LogP contribution in [0.1, 0.15) is 40.2 Å². The Morgan fingerprint density at radius 1 is 1.02 bits per heavy atom. The summed E-state index contributed by atoms with van der Waals surface area (Å²) >= 11 is 1.97. The second-order valence-electron chi connectivity index (χ2n) is 9.61. The number of H-pyrrole nitrogens is 1. The molecule has 6 nitrogen and oxygen atoms in total. The zero-order valence-corrected chi connectivity index (χ0v) is 23.1. The fourth-order valence-electron chi connectivity index (χ4n) is 5.82. The van der Waals surface area contributed by atoms with E-state index in [1.165, 1.54) is 41.6 Å². The first-order valence-corrected chi connectivity index (χ1v) is 14.4. The van der Waals surface area contributed by atoms with Crippen LogP contribution in [0.3, 0.4) is 0 Å². The second kappa shape index (κ2) is 9.42. The van der Waals surface area contributed by atoms with Crippen LogP contribution >= 0.6 is 22.6 Å². The monoisotopic (exact) mass is 701 g/mol. The number of hydrogen-bond donors (Lipinski definition) is 1. The summed E-state index contributed by atoms with van der Waals surface area (Å²) in [7, 11) is -4.40. The lowest BCUT2D eigenvalue weighted by Gasteiger charge is -2.43. The molecule has 0 radical (unpaired) electrons. The summed E-state index contributed by atoms with van der Waals surface area (Å²) in [6, 6.07) is 6.37. The lowest BCUT2D eigenvalue weighted by Crippen LogP contribution is -2.53. The van der Waals surface area contributed by atoms with Crippen molar-refractivity contribution in [1.29, 1.82) is 0 Å². The fourth-order valence-corrected chi connectivity index (χ4v) is 8.54. The first-order valence-electron chi connectivity index (χ1n) is 11.8. The Hall–Kier alpha value is -2.69. The number of carbonyl (C=O) groups is 1. The van der Waals surface area contributed by atoms with Crippen LogP contribution < -0.4 is 0 Å². The number of hydrogen-bond acceptors (Lipinski definition) is 4. The number of rotatable bonds is 4. The van der Waals surface area contributed by atoms with Gasteiger partial charge < -0.3 is 9.88 Å². The average molecular weight is 701 g/mol. The van der Waals surface area contributed by atoms with Crippen LogP contribution in [-0.4, -0.2) is 54.1 Å². The van der Waals surface area contributed by atoms with Gasteiger partial charge in [0.1, 0.15) is 4.75 Å². The molecule has 0 bridgehead atoms. The van der Waals surface area contributed by atoms with Crippen molar-refractivity contribution in [2.24, 2.45) is 0 Å². The maximum Gasteiger partial charge on any atom is 0.435 e. The minimum Gasteiger partial charge on any atom is -0.341 e. The topological polar surface area (TPSA) is 83.1 Å². The highest BCUT2D eigenvalue weighted by Crippen LogP contribution is 2.56. The molecule has 3 aromatic rings. The number of likely N-dealkylation sites (tertiary alicyclic amines) is 1. The van der Waals surface area contributed by atoms with Gasteiger partial charge in [0.25, 0.3) is 5.91 Å². The molecule has 1 aliphatic heterocycles. The second-order valence-corrected chi connectivity index (χ2v) is 13.1. The van der Waals surface area contributed by atoms with Gasteiger partial charge in [-0.1, -0.05) is 18.2 Å². The van der Waals surface area contributed by atoms with Gasteiger partial charge in [-0.15, -0.1) is 0 Å². The molecule has 2 heterocycles. The number of alkyl halides is 7. The lowest BCUT2D eigenvalue weighted by molar-refractivity contribution is -0.348. The zero-order chi connectivity index (χ0) is 29.3. The number of amides is 1. The van der Waals surface area contributed by atoms with Crippen LogP contribution in [0.4, 0.5) is 30.7 Å². The molecule has 15 heteroatoms. The Balaban J connectivity index is 1.71. The number of aromatic nitrogens is 2. The highest BCUT2D eigenvalue weighted by Gasteiger charge is 2.73. The number of halogens is 8. The Morgan fingerprint density at radius 2 is 1.68 bits per heavy atom. The molecule has 1 fully saturated rings. The Kier molecular flexibility index (Phi) is 6.79. The van der Waals surface area contributed by atoms with E-state index in [-0.39, 0.29) is 47.7 Å². The molecule has 0 saturated carbocycles. The maximum atomic E-state index is 14.9. The third-order valence-electron chi connectivity index (χ3n) is 7.63. The predicted molar refractivity (Wildman–Crippen MR) is 136 cm³/mol. The Labute approximate surface area is 237 Å². The normalized spacial score (nSPS) is 21.7. The average Bonchev–Trinajstić information content (AvgIpc) is 3.56. The molecule has 1 N–H and O–H groups in total. The Bertz CT molecular complexity index is 1540. The highest BCUT2D eigenvalue weighted by molar-refractivity contribution is 14.1. The minimum atomic E-state index is -6.32. The van der Waals surface area contributed by atoms with E-state index in [0.717, 1.165) is 9.64 Å². The molecule has 214 valence electrons. The van der Waals surface area contributed by atoms with Gasteiger partial charge in [-0.25, -0.2) is 17.8 Å². The molecule has 1 saturated heterocycles. The van der Waals surface area contributed by atoms with Gasteiger partial charge in [0.2, 0.25) is 0 Å². The van der Waals surface area contributed by atoms with E-state index in [2.05, 4.69) is 9.97 Å². The van der Waals surface area contributed by atoms with Crippen molar-refractivity contribution in [2.75, 3.05) is 6.54 Å². The molecule has 1 aliphatic carbocycles. The standard InChI is InChI=1S/C25H19F7IN3O3S/c26-23(24(27,28)29,25(30,31)32)15-2-7-18-14(13-15)1-8-19-22(18,40(38,39)17-5-3-16(33)4-6-17)9-12-36(19)21(37)20-34-10-11-35-20/h2-7,10-11,13,19H,1,8-9,12H2,(H,34,35)/t19-,22-/m1/s1. The summed E-state index contributed by atoms with van der Waals surface area (Å²) in [6.45, 7) is -0.0762. The number of nitrogens with zero attached hydrogens (tertiary/aromatic N) is 2. The maximum absolute atomic E-state index is 14.9. The van der Waals surface area contributed by atoms with E-state index in [0.29, 0.717) is 12.1 Å². The van der Waals surface area contributed by atoms with Crippen LogP contribution in [0.5, 0.6) is 0 Å². The number of aromatic amines is 1. The van der Waals surface area contributed by atoms with Crippen molar-refractivity contribution >= 4 is 38.3 Å². The number of fused-ring (bicyclic) bond motifs is 3. The summed E-state index contributed by atoms with van der Waals surface area (Å²) in [5.41, 5.74) is -7.57. The summed E-state index contributed by atoms with van der Waals surface area (Å²) in [5.74, 6) is -0.659. The molecule has 1 amide bonds. The third kappa shape index (κ3) is 4.05. The summed E-state index contributed by atoms with van der Waals surface area (Å²) in [5, 5.41) is 0. The van der Waals surface area contributed by atoms with Gasteiger partial charge >= 0.3 is 18.0 Å². The predicted octanol–water partition coefficient (Wildman–Crippen LogP) is 5.83. The van der Waals surface area contributed by atoms with Crippen molar-refractivity contribution in [1.82, 2.24) is 14.9 Å². The van der Waals surface area contributed by atoms with Crippen LogP contribution in [0.15, 0.2) is 59.8 Å². The van der Waals surface area contributed by atoms with E-state index >= 15 is 0 Å². The van der Waals surface area contributed by atoms with Crippen LogP contribution in [-0.2, 0) is 26.7 Å². The van der Waals surface area contributed by atoms with E-state index in [4.69, 9.17) is 0 Å². The van der Waals surface area contributed by atoms with Crippen LogP contribution in [0.25, 0.3) is 0 Å².